The number of nitrogens with zero attached hydrogens (tertiary/aromatic N) is 2. The quantitative estimate of drug-likeness (QED) is 0.688. The molecule has 0 spiro atoms. The minimum Gasteiger partial charge on any atom is -0.383 e. The van der Waals surface area contributed by atoms with Gasteiger partial charge in [0.2, 0.25) is 5.91 Å². The second-order valence-corrected chi connectivity index (χ2v) is 4.64. The van der Waals surface area contributed by atoms with Gasteiger partial charge in [-0.3, -0.25) is 14.5 Å². The van der Waals surface area contributed by atoms with Crippen LogP contribution in [0.15, 0.2) is 0 Å². The van der Waals surface area contributed by atoms with Crippen molar-refractivity contribution in [1.82, 2.24) is 9.80 Å². The summed E-state index contributed by atoms with van der Waals surface area (Å²) in [5.74, 6) is 0.359. The van der Waals surface area contributed by atoms with Gasteiger partial charge in [-0.1, -0.05) is 0 Å². The van der Waals surface area contributed by atoms with E-state index in [1.54, 1.807) is 12.0 Å². The van der Waals surface area contributed by atoms with Crippen LogP contribution < -0.4 is 0 Å². The molecule has 5 nitrogen and oxygen atoms in total. The predicted octanol–water partition coefficient (Wildman–Crippen LogP) is 0.145. The number of Topliss-reactive ketones (excluding diaryl/α,β-unsaturated/α-hetero) is 1. The molecule has 0 aromatic rings. The fourth-order valence-corrected chi connectivity index (χ4v) is 1.84. The van der Waals surface area contributed by atoms with E-state index in [4.69, 9.17) is 4.74 Å². The Morgan fingerprint density at radius 3 is 2.59 bits per heavy atom. The van der Waals surface area contributed by atoms with Crippen LogP contribution in [0.25, 0.3) is 0 Å². The van der Waals surface area contributed by atoms with Crippen molar-refractivity contribution >= 4 is 11.7 Å². The van der Waals surface area contributed by atoms with Gasteiger partial charge in [0.1, 0.15) is 5.78 Å². The fourth-order valence-electron chi connectivity index (χ4n) is 1.84. The normalized spacial score (nSPS) is 18.6. The van der Waals surface area contributed by atoms with Gasteiger partial charge in [-0.2, -0.15) is 0 Å². The third kappa shape index (κ3) is 4.44. The highest BCUT2D eigenvalue weighted by Crippen LogP contribution is 2.07. The third-order valence-corrected chi connectivity index (χ3v) is 3.22. The van der Waals surface area contributed by atoms with Crippen molar-refractivity contribution < 1.29 is 14.3 Å². The van der Waals surface area contributed by atoms with Gasteiger partial charge in [0.05, 0.1) is 13.2 Å². The first-order chi connectivity index (χ1) is 8.04. The van der Waals surface area contributed by atoms with Gasteiger partial charge in [-0.25, -0.2) is 0 Å². The monoisotopic (exact) mass is 242 g/mol. The van der Waals surface area contributed by atoms with E-state index in [1.165, 1.54) is 0 Å². The minimum atomic E-state index is 0.1000. The number of piperidine rings is 1. The molecule has 98 valence electrons. The first kappa shape index (κ1) is 14.1. The van der Waals surface area contributed by atoms with Gasteiger partial charge in [0.15, 0.2) is 0 Å². The molecule has 1 unspecified atom stereocenters. The summed E-state index contributed by atoms with van der Waals surface area (Å²) in [6.45, 7) is 4.17. The van der Waals surface area contributed by atoms with Crippen LogP contribution in [0.5, 0.6) is 0 Å². The van der Waals surface area contributed by atoms with Crippen LogP contribution in [0.3, 0.4) is 0 Å². The van der Waals surface area contributed by atoms with E-state index in [-0.39, 0.29) is 17.7 Å². The SMILES string of the molecule is COCC(C)N(C)CC(=O)N1CCC(=O)CC1. The molecule has 1 atom stereocenters. The van der Waals surface area contributed by atoms with Crippen molar-refractivity contribution in [2.75, 3.05) is 40.4 Å². The van der Waals surface area contributed by atoms with Gasteiger partial charge in [-0.05, 0) is 14.0 Å². The number of likely N-dealkylation sites (N-methyl/N-ethyl adjacent to an activating group) is 1. The summed E-state index contributed by atoms with van der Waals surface area (Å²) in [5.41, 5.74) is 0. The predicted molar refractivity (Wildman–Crippen MR) is 64.8 cm³/mol. The summed E-state index contributed by atoms with van der Waals surface area (Å²) in [4.78, 5) is 26.8. The molecule has 1 heterocycles. The Balaban J connectivity index is 2.35. The number of ketones is 1. The Labute approximate surface area is 103 Å². The lowest BCUT2D eigenvalue weighted by atomic mass is 10.1. The summed E-state index contributed by atoms with van der Waals surface area (Å²) >= 11 is 0. The van der Waals surface area contributed by atoms with Crippen LogP contribution >= 0.6 is 0 Å². The van der Waals surface area contributed by atoms with E-state index in [1.807, 2.05) is 18.9 Å². The maximum absolute atomic E-state index is 12.0. The molecule has 1 aliphatic heterocycles. The highest BCUT2D eigenvalue weighted by Gasteiger charge is 2.22. The molecule has 5 heteroatoms. The van der Waals surface area contributed by atoms with Crippen LogP contribution in [0.1, 0.15) is 19.8 Å². The van der Waals surface area contributed by atoms with Crippen molar-refractivity contribution in [2.45, 2.75) is 25.8 Å². The third-order valence-electron chi connectivity index (χ3n) is 3.22. The van der Waals surface area contributed by atoms with Crippen LogP contribution in [-0.2, 0) is 14.3 Å². The van der Waals surface area contributed by atoms with Crippen LogP contribution in [-0.4, -0.2) is 67.9 Å². The minimum absolute atomic E-state index is 0.1000. The van der Waals surface area contributed by atoms with Gasteiger partial charge in [-0.15, -0.1) is 0 Å². The van der Waals surface area contributed by atoms with E-state index in [0.29, 0.717) is 39.1 Å². The molecule has 0 bridgehead atoms. The first-order valence-corrected chi connectivity index (χ1v) is 6.03. The summed E-state index contributed by atoms with van der Waals surface area (Å²) in [6, 6.07) is 0.218. The highest BCUT2D eigenvalue weighted by atomic mass is 16.5. The molecule has 1 amide bonds. The lowest BCUT2D eigenvalue weighted by Gasteiger charge is -2.30. The second-order valence-electron chi connectivity index (χ2n) is 4.64. The molecule has 0 aliphatic carbocycles. The Hall–Kier alpha value is -0.940. The highest BCUT2D eigenvalue weighted by molar-refractivity contribution is 5.84. The van der Waals surface area contributed by atoms with E-state index >= 15 is 0 Å². The number of amides is 1. The first-order valence-electron chi connectivity index (χ1n) is 6.03. The standard InChI is InChI=1S/C12H22N2O3/c1-10(9-17-3)13(2)8-12(16)14-6-4-11(15)5-7-14/h10H,4-9H2,1-3H3. The number of carbonyl (C=O) groups is 2. The van der Waals surface area contributed by atoms with E-state index in [0.717, 1.165) is 0 Å². The summed E-state index contributed by atoms with van der Waals surface area (Å²) in [5, 5.41) is 0. The zero-order chi connectivity index (χ0) is 12.8. The topological polar surface area (TPSA) is 49.9 Å². The van der Waals surface area contributed by atoms with Crippen molar-refractivity contribution in [1.29, 1.82) is 0 Å². The number of likely N-dealkylation sites (tertiary alicyclic amines) is 1. The molecule has 1 rings (SSSR count). The molecular formula is C12H22N2O3. The van der Waals surface area contributed by atoms with Crippen molar-refractivity contribution in [3.05, 3.63) is 0 Å². The average molecular weight is 242 g/mol. The van der Waals surface area contributed by atoms with Crippen LogP contribution in [0.4, 0.5) is 0 Å². The lowest BCUT2D eigenvalue weighted by molar-refractivity contribution is -0.135. The van der Waals surface area contributed by atoms with E-state index in [9.17, 15) is 9.59 Å². The van der Waals surface area contributed by atoms with Gasteiger partial charge in [0.25, 0.3) is 0 Å². The van der Waals surface area contributed by atoms with Crippen LogP contribution in [0, 0.1) is 0 Å². The Bertz CT molecular complexity index is 271. The van der Waals surface area contributed by atoms with Gasteiger partial charge < -0.3 is 9.64 Å². The Morgan fingerprint density at radius 1 is 1.47 bits per heavy atom. The fraction of sp³-hybridized carbons (Fsp3) is 0.833. The molecule has 0 aromatic heterocycles. The summed E-state index contributed by atoms with van der Waals surface area (Å²) in [7, 11) is 3.57. The number of methoxy groups -OCH3 is 1. The maximum Gasteiger partial charge on any atom is 0.236 e. The van der Waals surface area contributed by atoms with E-state index < -0.39 is 0 Å². The number of hydrogen-bond donors (Lipinski definition) is 0. The number of carbonyl (C=O) groups excluding carboxylic acids is 2. The molecule has 0 N–H and O–H groups in total. The summed E-state index contributed by atoms with van der Waals surface area (Å²) < 4.78 is 5.05. The molecule has 0 aromatic carbocycles. The number of rotatable bonds is 5. The average Bonchev–Trinajstić information content (AvgIpc) is 2.30. The van der Waals surface area contributed by atoms with Gasteiger partial charge in [0, 0.05) is 39.1 Å². The zero-order valence-corrected chi connectivity index (χ0v) is 10.9. The van der Waals surface area contributed by atoms with Gasteiger partial charge >= 0.3 is 0 Å². The maximum atomic E-state index is 12.0. The summed E-state index contributed by atoms with van der Waals surface area (Å²) in [6.07, 6.45) is 1.01. The van der Waals surface area contributed by atoms with Crippen molar-refractivity contribution in [2.24, 2.45) is 0 Å². The molecule has 0 saturated carbocycles. The molecule has 1 saturated heterocycles. The molecular weight excluding hydrogens is 220 g/mol. The zero-order valence-electron chi connectivity index (χ0n) is 10.9. The lowest BCUT2D eigenvalue weighted by Crippen LogP contribution is -2.46. The van der Waals surface area contributed by atoms with E-state index in [2.05, 4.69) is 0 Å². The Morgan fingerprint density at radius 2 is 2.06 bits per heavy atom. The van der Waals surface area contributed by atoms with Crippen LogP contribution in [0.2, 0.25) is 0 Å². The smallest absolute Gasteiger partial charge is 0.236 e. The molecule has 0 radical (unpaired) electrons. The molecule has 17 heavy (non-hydrogen) atoms. The Kier molecular flexibility index (Phi) is 5.58. The van der Waals surface area contributed by atoms with Crippen molar-refractivity contribution in [3.8, 4) is 0 Å². The number of hydrogen-bond acceptors (Lipinski definition) is 4. The molecule has 1 fully saturated rings. The second kappa shape index (κ2) is 6.71. The molecule has 1 aliphatic rings. The number of ether oxygens (including phenoxy) is 1. The largest absolute Gasteiger partial charge is 0.383 e. The van der Waals surface area contributed by atoms with Crippen molar-refractivity contribution in [3.63, 3.8) is 0 Å².